The smallest absolute Gasteiger partial charge is 0.306 e. The Balaban J connectivity index is 4.14. The average Bonchev–Trinajstić information content (AvgIpc) is 3.19. The molecule has 0 spiro atoms. The van der Waals surface area contributed by atoms with Gasteiger partial charge in [-0.05, 0) is 64.2 Å². The lowest BCUT2D eigenvalue weighted by atomic mass is 10.1. The first kappa shape index (κ1) is 58.0. The first-order valence-electron chi connectivity index (χ1n) is 25.1. The molecule has 2 atom stereocenters. The second kappa shape index (κ2) is 43.6. The zero-order valence-electron chi connectivity index (χ0n) is 39.7. The number of carbonyl (C=O) groups excluding carboxylic acids is 1. The van der Waals surface area contributed by atoms with E-state index >= 15 is 0 Å². The monoisotopic (exact) mass is 856 g/mol. The van der Waals surface area contributed by atoms with E-state index in [1.165, 1.54) is 180 Å². The Labute approximate surface area is 366 Å². The average molecular weight is 856 g/mol. The lowest BCUT2D eigenvalue weighted by molar-refractivity contribution is -0.870. The van der Waals surface area contributed by atoms with Crippen molar-refractivity contribution in [2.24, 2.45) is 0 Å². The second-order valence-electron chi connectivity index (χ2n) is 18.2. The predicted molar refractivity (Wildman–Crippen MR) is 250 cm³/mol. The molecule has 9 heteroatoms. The van der Waals surface area contributed by atoms with Gasteiger partial charge in [-0.15, -0.1) is 0 Å². The predicted octanol–water partition coefficient (Wildman–Crippen LogP) is 14.5. The van der Waals surface area contributed by atoms with E-state index in [9.17, 15) is 14.3 Å². The van der Waals surface area contributed by atoms with Crippen LogP contribution in [0.4, 0.5) is 0 Å². The van der Waals surface area contributed by atoms with Crippen molar-refractivity contribution >= 4 is 13.8 Å². The molecule has 0 amide bonds. The molecule has 0 aromatic heterocycles. The molecule has 0 saturated carbocycles. The van der Waals surface area contributed by atoms with E-state index in [1.54, 1.807) is 0 Å². The van der Waals surface area contributed by atoms with Crippen LogP contribution in [-0.4, -0.2) is 70.7 Å². The molecule has 0 heterocycles. The topological polar surface area (TPSA) is 94.1 Å². The Morgan fingerprint density at radius 1 is 0.508 bits per heavy atom. The van der Waals surface area contributed by atoms with Crippen LogP contribution in [0, 0.1) is 0 Å². The Hall–Kier alpha value is -1.02. The number of carbonyl (C=O) groups is 1. The summed E-state index contributed by atoms with van der Waals surface area (Å²) < 4.78 is 34.7. The summed E-state index contributed by atoms with van der Waals surface area (Å²) in [4.78, 5) is 25.1. The van der Waals surface area contributed by atoms with E-state index in [0.29, 0.717) is 24.1 Å². The maximum absolute atomic E-state index is 12.7. The quantitative estimate of drug-likeness (QED) is 0.0198. The molecule has 59 heavy (non-hydrogen) atoms. The minimum Gasteiger partial charge on any atom is -0.756 e. The molecule has 350 valence electrons. The SMILES string of the molecule is CCCCCCCC/C=C\CCCCCCCCCCCCOCC(COP(=O)([O-])OCC[N+](C)(C)C)OC(=O)CCCCCCCCC/C=C\CCCCCCCC. The molecule has 2 unspecified atom stereocenters. The van der Waals surface area contributed by atoms with Gasteiger partial charge in [0.1, 0.15) is 19.3 Å². The van der Waals surface area contributed by atoms with Gasteiger partial charge in [0.15, 0.2) is 0 Å². The number of unbranched alkanes of at least 4 members (excludes halogenated alkanes) is 29. The number of hydrogen-bond donors (Lipinski definition) is 0. The Morgan fingerprint density at radius 2 is 0.881 bits per heavy atom. The standard InChI is InChI=1S/C50H98NO7P/c1-6-8-10-12-14-16-18-20-22-24-25-26-28-30-32-34-36-38-40-42-45-55-47-49(48-57-59(53,54)56-46-44-51(3,4)5)58-50(52)43-41-39-37-35-33-31-29-27-23-21-19-17-15-13-11-9-7-2/h20-23,49H,6-19,24-48H2,1-5H3/b22-20-,23-21-. The molecule has 0 aliphatic heterocycles. The van der Waals surface area contributed by atoms with Gasteiger partial charge in [0, 0.05) is 13.0 Å². The van der Waals surface area contributed by atoms with Gasteiger partial charge >= 0.3 is 5.97 Å². The van der Waals surface area contributed by atoms with E-state index < -0.39 is 13.9 Å². The fraction of sp³-hybridized carbons (Fsp3) is 0.900. The minimum atomic E-state index is -4.53. The van der Waals surface area contributed by atoms with E-state index in [4.69, 9.17) is 18.5 Å². The van der Waals surface area contributed by atoms with Crippen LogP contribution >= 0.6 is 7.82 Å². The van der Waals surface area contributed by atoms with Crippen LogP contribution in [0.5, 0.6) is 0 Å². The van der Waals surface area contributed by atoms with Crippen molar-refractivity contribution in [1.29, 1.82) is 0 Å². The van der Waals surface area contributed by atoms with Gasteiger partial charge < -0.3 is 27.9 Å². The summed E-state index contributed by atoms with van der Waals surface area (Å²) in [5.74, 6) is -0.336. The van der Waals surface area contributed by atoms with Crippen molar-refractivity contribution in [1.82, 2.24) is 0 Å². The Kier molecular flexibility index (Phi) is 42.9. The number of phosphoric acid groups is 1. The molecule has 0 aromatic carbocycles. The summed E-state index contributed by atoms with van der Waals surface area (Å²) in [6, 6.07) is 0. The van der Waals surface area contributed by atoms with Crippen LogP contribution in [0.25, 0.3) is 0 Å². The molecule has 0 aliphatic rings. The summed E-state index contributed by atoms with van der Waals surface area (Å²) >= 11 is 0. The number of allylic oxidation sites excluding steroid dienone is 4. The summed E-state index contributed by atoms with van der Waals surface area (Å²) in [7, 11) is 1.36. The molecule has 8 nitrogen and oxygen atoms in total. The molecule has 0 aromatic rings. The van der Waals surface area contributed by atoms with Crippen LogP contribution in [0.2, 0.25) is 0 Å². The van der Waals surface area contributed by atoms with Crippen molar-refractivity contribution < 1.29 is 37.3 Å². The molecular formula is C50H98NO7P. The van der Waals surface area contributed by atoms with Crippen LogP contribution < -0.4 is 4.89 Å². The normalized spacial score (nSPS) is 13.8. The number of nitrogens with zero attached hydrogens (tertiary/aromatic N) is 1. The number of quaternary nitrogens is 1. The van der Waals surface area contributed by atoms with Gasteiger partial charge in [-0.1, -0.05) is 186 Å². The fourth-order valence-corrected chi connectivity index (χ4v) is 7.79. The highest BCUT2D eigenvalue weighted by Crippen LogP contribution is 2.38. The lowest BCUT2D eigenvalue weighted by Gasteiger charge is -2.28. The van der Waals surface area contributed by atoms with Gasteiger partial charge in [-0.3, -0.25) is 9.36 Å². The van der Waals surface area contributed by atoms with Gasteiger partial charge in [-0.25, -0.2) is 0 Å². The highest BCUT2D eigenvalue weighted by atomic mass is 31.2. The van der Waals surface area contributed by atoms with Crippen molar-refractivity contribution in [2.45, 2.75) is 238 Å². The zero-order chi connectivity index (χ0) is 43.4. The van der Waals surface area contributed by atoms with Crippen LogP contribution in [0.15, 0.2) is 24.3 Å². The fourth-order valence-electron chi connectivity index (χ4n) is 7.07. The molecule has 0 bridgehead atoms. The molecule has 0 radical (unpaired) electrons. The molecule has 0 N–H and O–H groups in total. The van der Waals surface area contributed by atoms with Gasteiger partial charge in [-0.2, -0.15) is 0 Å². The number of hydrogen-bond acceptors (Lipinski definition) is 7. The molecule has 0 fully saturated rings. The van der Waals surface area contributed by atoms with E-state index in [-0.39, 0.29) is 25.8 Å². The molecular weight excluding hydrogens is 758 g/mol. The van der Waals surface area contributed by atoms with Crippen LogP contribution in [0.3, 0.4) is 0 Å². The highest BCUT2D eigenvalue weighted by molar-refractivity contribution is 7.45. The molecule has 0 aliphatic carbocycles. The largest absolute Gasteiger partial charge is 0.756 e. The summed E-state index contributed by atoms with van der Waals surface area (Å²) in [5.41, 5.74) is 0. The molecule has 0 rings (SSSR count). The maximum atomic E-state index is 12.7. The summed E-state index contributed by atoms with van der Waals surface area (Å²) in [5, 5.41) is 0. The number of likely N-dealkylation sites (N-methyl/N-ethyl adjacent to an activating group) is 1. The third-order valence-corrected chi connectivity index (χ3v) is 11.9. The third-order valence-electron chi connectivity index (χ3n) is 11.0. The lowest BCUT2D eigenvalue weighted by Crippen LogP contribution is -2.37. The van der Waals surface area contributed by atoms with Crippen molar-refractivity contribution in [3.05, 3.63) is 24.3 Å². The second-order valence-corrected chi connectivity index (χ2v) is 19.6. The summed E-state index contributed by atoms with van der Waals surface area (Å²) in [6.07, 6.45) is 50.5. The van der Waals surface area contributed by atoms with E-state index in [1.807, 2.05) is 21.1 Å². The van der Waals surface area contributed by atoms with Crippen molar-refractivity contribution in [3.63, 3.8) is 0 Å². The zero-order valence-corrected chi connectivity index (χ0v) is 40.6. The highest BCUT2D eigenvalue weighted by Gasteiger charge is 2.20. The third kappa shape index (κ3) is 47.9. The maximum Gasteiger partial charge on any atom is 0.306 e. The van der Waals surface area contributed by atoms with Crippen molar-refractivity contribution in [2.75, 3.05) is 54.1 Å². The summed E-state index contributed by atoms with van der Waals surface area (Å²) in [6.45, 7) is 5.43. The number of ether oxygens (including phenoxy) is 2. The Bertz CT molecular complexity index is 998. The van der Waals surface area contributed by atoms with Crippen molar-refractivity contribution in [3.8, 4) is 0 Å². The van der Waals surface area contributed by atoms with Gasteiger partial charge in [0.05, 0.1) is 34.4 Å². The van der Waals surface area contributed by atoms with Gasteiger partial charge in [0.25, 0.3) is 7.82 Å². The van der Waals surface area contributed by atoms with Crippen LogP contribution in [0.1, 0.15) is 232 Å². The number of esters is 1. The first-order valence-corrected chi connectivity index (χ1v) is 26.5. The van der Waals surface area contributed by atoms with E-state index in [0.717, 1.165) is 32.1 Å². The number of phosphoric ester groups is 1. The van der Waals surface area contributed by atoms with Crippen LogP contribution in [-0.2, 0) is 27.9 Å². The molecule has 0 saturated heterocycles. The Morgan fingerprint density at radius 3 is 1.29 bits per heavy atom. The van der Waals surface area contributed by atoms with Gasteiger partial charge in [0.2, 0.25) is 0 Å². The minimum absolute atomic E-state index is 0.0266. The van der Waals surface area contributed by atoms with E-state index in [2.05, 4.69) is 38.2 Å². The first-order chi connectivity index (χ1) is 28.6. The number of rotatable bonds is 47.